The van der Waals surface area contributed by atoms with Gasteiger partial charge in [-0.3, -0.25) is 5.41 Å². The van der Waals surface area contributed by atoms with Gasteiger partial charge in [0.05, 0.1) is 0 Å². The number of nitrogen functional groups attached to an aromatic ring is 1. The maximum absolute atomic E-state index is 7.28. The van der Waals surface area contributed by atoms with Crippen molar-refractivity contribution in [1.29, 1.82) is 5.41 Å². The number of nitrogens with two attached hydrogens (primary N) is 1. The summed E-state index contributed by atoms with van der Waals surface area (Å²) in [6.07, 6.45) is 1.52. The van der Waals surface area contributed by atoms with Crippen LogP contribution in [-0.2, 0) is 7.05 Å². The molecule has 5 nitrogen and oxygen atoms in total. The van der Waals surface area contributed by atoms with Crippen LogP contribution in [0.15, 0.2) is 40.6 Å². The first-order valence-corrected chi connectivity index (χ1v) is 5.45. The van der Waals surface area contributed by atoms with Crippen LogP contribution in [0.4, 0.5) is 0 Å². The second-order valence-electron chi connectivity index (χ2n) is 3.21. The first-order chi connectivity index (χ1) is 7.66. The van der Waals surface area contributed by atoms with Gasteiger partial charge < -0.3 is 5.73 Å². The fourth-order valence-electron chi connectivity index (χ4n) is 1.19. The normalized spacial score (nSPS) is 10.3. The summed E-state index contributed by atoms with van der Waals surface area (Å²) in [5.74, 6) is 0.0789. The van der Waals surface area contributed by atoms with E-state index in [1.807, 2.05) is 31.3 Å². The van der Waals surface area contributed by atoms with Crippen molar-refractivity contribution in [3.63, 3.8) is 0 Å². The molecular formula is C10H11N5S. The van der Waals surface area contributed by atoms with Crippen molar-refractivity contribution in [3.8, 4) is 0 Å². The van der Waals surface area contributed by atoms with Gasteiger partial charge in [-0.1, -0.05) is 23.9 Å². The molecule has 2 aromatic rings. The average Bonchev–Trinajstić information content (AvgIpc) is 2.65. The summed E-state index contributed by atoms with van der Waals surface area (Å²) >= 11 is 1.52. The highest BCUT2D eigenvalue weighted by atomic mass is 32.2. The lowest BCUT2D eigenvalue weighted by molar-refractivity contribution is 0.685. The molecule has 2 rings (SSSR count). The van der Waals surface area contributed by atoms with Crippen molar-refractivity contribution in [2.24, 2.45) is 12.8 Å². The first-order valence-electron chi connectivity index (χ1n) is 4.63. The van der Waals surface area contributed by atoms with Crippen LogP contribution in [0.1, 0.15) is 5.56 Å². The molecule has 0 atom stereocenters. The number of aromatic nitrogens is 3. The molecule has 0 bridgehead atoms. The Balaban J connectivity index is 2.17. The molecule has 1 aromatic carbocycles. The Morgan fingerprint density at radius 2 is 2.06 bits per heavy atom. The molecule has 0 radical (unpaired) electrons. The Morgan fingerprint density at radius 3 is 2.56 bits per heavy atom. The maximum atomic E-state index is 7.28. The molecule has 16 heavy (non-hydrogen) atoms. The van der Waals surface area contributed by atoms with Gasteiger partial charge in [0.2, 0.25) is 0 Å². The molecule has 1 heterocycles. The van der Waals surface area contributed by atoms with E-state index in [4.69, 9.17) is 11.1 Å². The van der Waals surface area contributed by atoms with Gasteiger partial charge in [0.15, 0.2) is 5.16 Å². The van der Waals surface area contributed by atoms with Crippen LogP contribution in [-0.4, -0.2) is 20.6 Å². The SMILES string of the molecule is Cn1ncnc1Sc1ccc(C(=N)N)cc1. The summed E-state index contributed by atoms with van der Waals surface area (Å²) in [5.41, 5.74) is 6.10. The molecule has 0 saturated heterocycles. The monoisotopic (exact) mass is 233 g/mol. The zero-order valence-corrected chi connectivity index (χ0v) is 9.53. The molecule has 0 aliphatic carbocycles. The van der Waals surface area contributed by atoms with Crippen LogP contribution in [0.5, 0.6) is 0 Å². The van der Waals surface area contributed by atoms with Gasteiger partial charge in [0.25, 0.3) is 0 Å². The zero-order chi connectivity index (χ0) is 11.5. The molecule has 0 unspecified atom stereocenters. The van der Waals surface area contributed by atoms with Crippen molar-refractivity contribution >= 4 is 17.6 Å². The molecule has 0 aliphatic rings. The number of nitrogens with one attached hydrogen (secondary N) is 1. The fraction of sp³-hybridized carbons (Fsp3) is 0.100. The number of rotatable bonds is 3. The Morgan fingerprint density at radius 1 is 1.38 bits per heavy atom. The van der Waals surface area contributed by atoms with Gasteiger partial charge in [-0.15, -0.1) is 0 Å². The van der Waals surface area contributed by atoms with E-state index in [2.05, 4.69) is 10.1 Å². The van der Waals surface area contributed by atoms with Gasteiger partial charge in [0, 0.05) is 17.5 Å². The van der Waals surface area contributed by atoms with Gasteiger partial charge in [-0.05, 0) is 12.1 Å². The average molecular weight is 233 g/mol. The number of hydrogen-bond acceptors (Lipinski definition) is 4. The zero-order valence-electron chi connectivity index (χ0n) is 8.71. The third kappa shape index (κ3) is 2.22. The van der Waals surface area contributed by atoms with E-state index < -0.39 is 0 Å². The van der Waals surface area contributed by atoms with E-state index >= 15 is 0 Å². The Kier molecular flexibility index (Phi) is 2.91. The molecule has 6 heteroatoms. The minimum Gasteiger partial charge on any atom is -0.384 e. The first kappa shape index (κ1) is 10.7. The predicted molar refractivity (Wildman–Crippen MR) is 62.6 cm³/mol. The Bertz CT molecular complexity index is 502. The second kappa shape index (κ2) is 4.36. The van der Waals surface area contributed by atoms with Crippen LogP contribution in [0.2, 0.25) is 0 Å². The molecule has 3 N–H and O–H groups in total. The summed E-state index contributed by atoms with van der Waals surface area (Å²) in [7, 11) is 1.85. The van der Waals surface area contributed by atoms with E-state index in [9.17, 15) is 0 Å². The van der Waals surface area contributed by atoms with Crippen LogP contribution in [0.3, 0.4) is 0 Å². The van der Waals surface area contributed by atoms with Crippen molar-refractivity contribution in [3.05, 3.63) is 36.2 Å². The number of hydrogen-bond donors (Lipinski definition) is 2. The van der Waals surface area contributed by atoms with Crippen molar-refractivity contribution in [1.82, 2.24) is 14.8 Å². The lowest BCUT2D eigenvalue weighted by atomic mass is 10.2. The summed E-state index contributed by atoms with van der Waals surface area (Å²) < 4.78 is 1.71. The lowest BCUT2D eigenvalue weighted by Crippen LogP contribution is -2.10. The molecule has 0 aliphatic heterocycles. The second-order valence-corrected chi connectivity index (χ2v) is 4.25. The lowest BCUT2D eigenvalue weighted by Gasteiger charge is -2.02. The number of amidine groups is 1. The van der Waals surface area contributed by atoms with Gasteiger partial charge in [-0.2, -0.15) is 5.10 Å². The van der Waals surface area contributed by atoms with Gasteiger partial charge in [-0.25, -0.2) is 9.67 Å². The van der Waals surface area contributed by atoms with Crippen LogP contribution in [0, 0.1) is 5.41 Å². The third-order valence-electron chi connectivity index (χ3n) is 2.04. The molecule has 82 valence electrons. The number of nitrogens with zero attached hydrogens (tertiary/aromatic N) is 3. The minimum atomic E-state index is 0.0789. The van der Waals surface area contributed by atoms with Crippen molar-refractivity contribution in [2.45, 2.75) is 10.1 Å². The van der Waals surface area contributed by atoms with E-state index in [-0.39, 0.29) is 5.84 Å². The summed E-state index contributed by atoms with van der Waals surface area (Å²) in [6, 6.07) is 7.47. The molecule has 0 saturated carbocycles. The maximum Gasteiger partial charge on any atom is 0.190 e. The third-order valence-corrected chi connectivity index (χ3v) is 3.10. The number of aryl methyl sites for hydroxylation is 1. The van der Waals surface area contributed by atoms with Crippen LogP contribution >= 0.6 is 11.8 Å². The topological polar surface area (TPSA) is 80.6 Å². The van der Waals surface area contributed by atoms with E-state index in [0.717, 1.165) is 15.6 Å². The quantitative estimate of drug-likeness (QED) is 0.617. The van der Waals surface area contributed by atoms with Gasteiger partial charge >= 0.3 is 0 Å². The molecule has 0 spiro atoms. The van der Waals surface area contributed by atoms with E-state index in [1.165, 1.54) is 18.1 Å². The smallest absolute Gasteiger partial charge is 0.190 e. The standard InChI is InChI=1S/C10H11N5S/c1-15-10(13-6-14-15)16-8-4-2-7(3-5-8)9(11)12/h2-6H,1H3,(H3,11,12). The van der Waals surface area contributed by atoms with E-state index in [0.29, 0.717) is 0 Å². The van der Waals surface area contributed by atoms with Crippen LogP contribution < -0.4 is 5.73 Å². The molecule has 0 amide bonds. The van der Waals surface area contributed by atoms with Gasteiger partial charge in [0.1, 0.15) is 12.2 Å². The van der Waals surface area contributed by atoms with Crippen LogP contribution in [0.25, 0.3) is 0 Å². The highest BCUT2D eigenvalue weighted by molar-refractivity contribution is 7.99. The van der Waals surface area contributed by atoms with Crippen molar-refractivity contribution < 1.29 is 0 Å². The summed E-state index contributed by atoms with van der Waals surface area (Å²) in [5, 5.41) is 12.1. The minimum absolute atomic E-state index is 0.0789. The van der Waals surface area contributed by atoms with E-state index in [1.54, 1.807) is 4.68 Å². The number of benzene rings is 1. The molecule has 0 fully saturated rings. The fourth-order valence-corrected chi connectivity index (χ4v) is 1.95. The Hall–Kier alpha value is -1.82. The highest BCUT2D eigenvalue weighted by Crippen LogP contribution is 2.24. The predicted octanol–water partition coefficient (Wildman–Crippen LogP) is 1.25. The summed E-state index contributed by atoms with van der Waals surface area (Å²) in [4.78, 5) is 5.16. The largest absolute Gasteiger partial charge is 0.384 e. The summed E-state index contributed by atoms with van der Waals surface area (Å²) in [6.45, 7) is 0. The molecular weight excluding hydrogens is 222 g/mol. The van der Waals surface area contributed by atoms with Crippen molar-refractivity contribution in [2.75, 3.05) is 0 Å². The molecule has 1 aromatic heterocycles. The highest BCUT2D eigenvalue weighted by Gasteiger charge is 2.03. The Labute approximate surface area is 97.2 Å².